The van der Waals surface area contributed by atoms with Crippen LogP contribution in [0.1, 0.15) is 5.82 Å². The average molecular weight is 408 g/mol. The molecule has 0 saturated carbocycles. The number of hydrogen-bond acceptors (Lipinski definition) is 5. The van der Waals surface area contributed by atoms with Gasteiger partial charge in [-0.15, -0.1) is 10.2 Å². The summed E-state index contributed by atoms with van der Waals surface area (Å²) < 4.78 is 65.0. The monoisotopic (exact) mass is 408 g/mol. The molecule has 0 fully saturated rings. The molecule has 1 aliphatic rings. The third kappa shape index (κ3) is 3.03. The maximum absolute atomic E-state index is 13.1. The number of nitrogens with zero attached hydrogens (tertiary/aromatic N) is 4. The van der Waals surface area contributed by atoms with Crippen molar-refractivity contribution in [2.45, 2.75) is 23.5 Å². The Morgan fingerprint density at radius 2 is 1.57 bits per heavy atom. The summed E-state index contributed by atoms with van der Waals surface area (Å²) in [6.07, 6.45) is 0. The zero-order valence-corrected chi connectivity index (χ0v) is 15.3. The van der Waals surface area contributed by atoms with Crippen molar-refractivity contribution in [3.05, 3.63) is 60.4 Å². The largest absolute Gasteiger partial charge is 0.501 e. The Morgan fingerprint density at radius 1 is 0.893 bits per heavy atom. The summed E-state index contributed by atoms with van der Waals surface area (Å²) >= 11 is 0. The van der Waals surface area contributed by atoms with Gasteiger partial charge in [-0.05, 0) is 12.1 Å². The third-order valence-electron chi connectivity index (χ3n) is 4.59. The molecule has 0 N–H and O–H groups in total. The van der Waals surface area contributed by atoms with Crippen LogP contribution in [0.4, 0.5) is 18.9 Å². The van der Waals surface area contributed by atoms with Gasteiger partial charge in [0.25, 0.3) is 9.84 Å². The molecule has 0 atom stereocenters. The van der Waals surface area contributed by atoms with Gasteiger partial charge in [-0.1, -0.05) is 42.5 Å². The average Bonchev–Trinajstić information content (AvgIpc) is 3.11. The zero-order valence-electron chi connectivity index (χ0n) is 14.5. The molecule has 0 radical (unpaired) electrons. The highest BCUT2D eigenvalue weighted by atomic mass is 32.2. The van der Waals surface area contributed by atoms with Crippen LogP contribution in [-0.4, -0.2) is 35.2 Å². The van der Waals surface area contributed by atoms with Crippen LogP contribution in [0.2, 0.25) is 0 Å². The minimum Gasteiger partial charge on any atom is -0.361 e. The normalized spacial score (nSPS) is 14.8. The third-order valence-corrected chi connectivity index (χ3v) is 6.12. The van der Waals surface area contributed by atoms with E-state index >= 15 is 0 Å². The number of aromatic nitrogens is 3. The number of rotatable bonds is 3. The molecule has 6 nitrogen and oxygen atoms in total. The van der Waals surface area contributed by atoms with Gasteiger partial charge in [-0.25, -0.2) is 8.42 Å². The molecule has 0 saturated heterocycles. The Kier molecular flexibility index (Phi) is 4.37. The Hall–Kier alpha value is -2.88. The molecule has 146 valence electrons. The van der Waals surface area contributed by atoms with Crippen molar-refractivity contribution in [2.75, 3.05) is 11.4 Å². The Morgan fingerprint density at radius 3 is 2.29 bits per heavy atom. The number of benzene rings is 2. The van der Waals surface area contributed by atoms with Crippen LogP contribution in [-0.2, 0) is 22.9 Å². The van der Waals surface area contributed by atoms with Crippen LogP contribution >= 0.6 is 0 Å². The lowest BCUT2D eigenvalue weighted by Gasteiger charge is -2.31. The van der Waals surface area contributed by atoms with Crippen LogP contribution in [0.15, 0.2) is 59.5 Å². The predicted octanol–water partition coefficient (Wildman–Crippen LogP) is 3.26. The van der Waals surface area contributed by atoms with E-state index in [1.165, 1.54) is 18.2 Å². The van der Waals surface area contributed by atoms with Crippen molar-refractivity contribution in [2.24, 2.45) is 0 Å². The number of alkyl halides is 3. The zero-order chi connectivity index (χ0) is 19.9. The van der Waals surface area contributed by atoms with Gasteiger partial charge in [0.1, 0.15) is 0 Å². The summed E-state index contributed by atoms with van der Waals surface area (Å²) in [5.41, 5.74) is -4.47. The summed E-state index contributed by atoms with van der Waals surface area (Å²) in [5.74, 6) is 1.23. The highest BCUT2D eigenvalue weighted by Crippen LogP contribution is 2.37. The van der Waals surface area contributed by atoms with Crippen LogP contribution in [0.25, 0.3) is 11.4 Å². The maximum atomic E-state index is 13.1. The van der Waals surface area contributed by atoms with Crippen molar-refractivity contribution in [1.29, 1.82) is 0 Å². The Bertz CT molecular complexity index is 1110. The van der Waals surface area contributed by atoms with Crippen molar-refractivity contribution in [3.63, 3.8) is 0 Å². The molecule has 0 spiro atoms. The van der Waals surface area contributed by atoms with E-state index in [-0.39, 0.29) is 12.2 Å². The van der Waals surface area contributed by atoms with Gasteiger partial charge in [0.2, 0.25) is 0 Å². The molecule has 0 amide bonds. The van der Waals surface area contributed by atoms with Crippen LogP contribution in [0.5, 0.6) is 0 Å². The fourth-order valence-corrected chi connectivity index (χ4v) is 4.21. The van der Waals surface area contributed by atoms with E-state index in [2.05, 4.69) is 10.2 Å². The van der Waals surface area contributed by atoms with Gasteiger partial charge >= 0.3 is 5.51 Å². The summed E-state index contributed by atoms with van der Waals surface area (Å²) in [6, 6.07) is 14.6. The molecular formula is C18H15F3N4O2S. The van der Waals surface area contributed by atoms with E-state index in [0.29, 0.717) is 24.7 Å². The van der Waals surface area contributed by atoms with E-state index in [1.54, 1.807) is 4.90 Å². The minimum absolute atomic E-state index is 0.00957. The highest BCUT2D eigenvalue weighted by molar-refractivity contribution is 7.92. The van der Waals surface area contributed by atoms with Gasteiger partial charge in [-0.3, -0.25) is 0 Å². The quantitative estimate of drug-likeness (QED) is 0.666. The summed E-state index contributed by atoms with van der Waals surface area (Å²) in [7, 11) is -5.46. The number of fused-ring (bicyclic) bond motifs is 1. The van der Waals surface area contributed by atoms with Gasteiger partial charge in [-0.2, -0.15) is 13.2 Å². The summed E-state index contributed by atoms with van der Waals surface area (Å²) in [4.78, 5) is 0.830. The molecule has 4 rings (SSSR count). The van der Waals surface area contributed by atoms with Gasteiger partial charge in [0.05, 0.1) is 17.1 Å². The lowest BCUT2D eigenvalue weighted by molar-refractivity contribution is -0.0435. The first-order valence-electron chi connectivity index (χ1n) is 8.42. The Balaban J connectivity index is 1.70. The fourth-order valence-electron chi connectivity index (χ4n) is 3.23. The van der Waals surface area contributed by atoms with Crippen molar-refractivity contribution in [3.8, 4) is 11.4 Å². The fraction of sp³-hybridized carbons (Fsp3) is 0.222. The van der Waals surface area contributed by atoms with Gasteiger partial charge in [0.15, 0.2) is 11.6 Å². The second-order valence-electron chi connectivity index (χ2n) is 6.30. The first kappa shape index (κ1) is 18.5. The van der Waals surface area contributed by atoms with Crippen molar-refractivity contribution >= 4 is 15.5 Å². The number of para-hydroxylation sites is 1. The molecule has 28 heavy (non-hydrogen) atoms. The first-order chi connectivity index (χ1) is 13.3. The van der Waals surface area contributed by atoms with E-state index in [0.717, 1.165) is 11.6 Å². The van der Waals surface area contributed by atoms with Crippen LogP contribution in [0.3, 0.4) is 0 Å². The van der Waals surface area contributed by atoms with E-state index in [1.807, 2.05) is 34.9 Å². The molecule has 3 aromatic rings. The highest BCUT2D eigenvalue weighted by Gasteiger charge is 2.48. The number of halogens is 3. The second kappa shape index (κ2) is 6.62. The van der Waals surface area contributed by atoms with Crippen LogP contribution < -0.4 is 4.90 Å². The summed E-state index contributed by atoms with van der Waals surface area (Å²) in [6.45, 7) is 0.909. The Labute approximate surface area is 159 Å². The molecular weight excluding hydrogens is 393 g/mol. The maximum Gasteiger partial charge on any atom is 0.501 e. The van der Waals surface area contributed by atoms with E-state index in [9.17, 15) is 21.6 Å². The molecule has 1 aromatic heterocycles. The lowest BCUT2D eigenvalue weighted by atomic mass is 10.2. The molecule has 0 aliphatic carbocycles. The van der Waals surface area contributed by atoms with Crippen molar-refractivity contribution < 1.29 is 21.6 Å². The molecule has 2 heterocycles. The smallest absolute Gasteiger partial charge is 0.361 e. The second-order valence-corrected chi connectivity index (χ2v) is 8.21. The van der Waals surface area contributed by atoms with Gasteiger partial charge < -0.3 is 9.47 Å². The molecule has 0 bridgehead atoms. The molecule has 2 aromatic carbocycles. The van der Waals surface area contributed by atoms with Gasteiger partial charge in [0, 0.05) is 18.7 Å². The lowest BCUT2D eigenvalue weighted by Crippen LogP contribution is -2.35. The topological polar surface area (TPSA) is 68.1 Å². The predicted molar refractivity (Wildman–Crippen MR) is 96.2 cm³/mol. The van der Waals surface area contributed by atoms with Crippen molar-refractivity contribution in [1.82, 2.24) is 14.8 Å². The minimum atomic E-state index is -5.46. The summed E-state index contributed by atoms with van der Waals surface area (Å²) in [5, 5.41) is 8.34. The van der Waals surface area contributed by atoms with Crippen LogP contribution in [0, 0.1) is 0 Å². The number of sulfone groups is 1. The molecule has 10 heteroatoms. The van der Waals surface area contributed by atoms with E-state index < -0.39 is 20.2 Å². The molecule has 1 aliphatic heterocycles. The molecule has 0 unspecified atom stereocenters. The van der Waals surface area contributed by atoms with E-state index in [4.69, 9.17) is 0 Å². The SMILES string of the molecule is O=S(=O)(c1ccccc1N1CCn2c(nnc2-c2ccccc2)C1)C(F)(F)F. The number of hydrogen-bond donors (Lipinski definition) is 0. The first-order valence-corrected chi connectivity index (χ1v) is 9.90. The number of anilines is 1. The standard InChI is InChI=1S/C18H15F3N4O2S/c19-18(20,21)28(26,27)15-9-5-4-8-14(15)24-10-11-25-16(12-24)22-23-17(25)13-6-2-1-3-7-13/h1-9H,10-12H2.